The van der Waals surface area contributed by atoms with Gasteiger partial charge in [-0.15, -0.1) is 0 Å². The molecule has 0 heterocycles. The van der Waals surface area contributed by atoms with Crippen LogP contribution in [0.5, 0.6) is 0 Å². The number of benzene rings is 3. The lowest BCUT2D eigenvalue weighted by atomic mass is 10.1. The largest absolute Gasteiger partial charge is 0.319 e. The molecule has 8 heteroatoms. The molecule has 0 aliphatic rings. The standard InChI is InChI=1S/C23H22F2N2O3S/c1-16(11-12-17-7-3-2-4-8-17)27-31(29,30)18-13-14-22(21(25)15-18)26-23(28)19-9-5-6-10-20(19)24/h2-10,13-16,27H,11-12H2,1H3,(H,26,28)/t16-/m1/s1. The molecule has 0 saturated heterocycles. The minimum atomic E-state index is -3.95. The van der Waals surface area contributed by atoms with Crippen molar-refractivity contribution in [1.82, 2.24) is 4.72 Å². The number of rotatable bonds is 8. The van der Waals surface area contributed by atoms with Gasteiger partial charge in [0.05, 0.1) is 16.1 Å². The van der Waals surface area contributed by atoms with Gasteiger partial charge in [-0.3, -0.25) is 4.79 Å². The zero-order valence-electron chi connectivity index (χ0n) is 16.8. The van der Waals surface area contributed by atoms with E-state index in [2.05, 4.69) is 10.0 Å². The number of hydrogen-bond acceptors (Lipinski definition) is 3. The molecule has 0 aliphatic carbocycles. The first kappa shape index (κ1) is 22.6. The molecule has 0 aromatic heterocycles. The Hall–Kier alpha value is -3.10. The van der Waals surface area contributed by atoms with E-state index in [0.29, 0.717) is 12.8 Å². The molecule has 0 bridgehead atoms. The molecule has 0 unspecified atom stereocenters. The van der Waals surface area contributed by atoms with Gasteiger partial charge in [-0.25, -0.2) is 21.9 Å². The van der Waals surface area contributed by atoms with Gasteiger partial charge >= 0.3 is 0 Å². The summed E-state index contributed by atoms with van der Waals surface area (Å²) >= 11 is 0. The summed E-state index contributed by atoms with van der Waals surface area (Å²) in [5, 5.41) is 2.26. The first-order valence-corrected chi connectivity index (χ1v) is 11.2. The lowest BCUT2D eigenvalue weighted by molar-refractivity contribution is 0.102. The van der Waals surface area contributed by atoms with Crippen LogP contribution in [0, 0.1) is 11.6 Å². The predicted molar refractivity (Wildman–Crippen MR) is 115 cm³/mol. The molecular formula is C23H22F2N2O3S. The summed E-state index contributed by atoms with van der Waals surface area (Å²) in [6.07, 6.45) is 1.27. The first-order chi connectivity index (χ1) is 14.8. The second-order valence-corrected chi connectivity index (χ2v) is 8.84. The predicted octanol–water partition coefficient (Wildman–Crippen LogP) is 4.52. The Morgan fingerprint density at radius 3 is 2.29 bits per heavy atom. The van der Waals surface area contributed by atoms with E-state index in [1.165, 1.54) is 24.3 Å². The van der Waals surface area contributed by atoms with Gasteiger partial charge in [0.1, 0.15) is 11.6 Å². The van der Waals surface area contributed by atoms with Gasteiger partial charge in [-0.2, -0.15) is 0 Å². The minimum Gasteiger partial charge on any atom is -0.319 e. The molecule has 1 amide bonds. The van der Waals surface area contributed by atoms with Crippen molar-refractivity contribution < 1.29 is 22.0 Å². The van der Waals surface area contributed by atoms with Gasteiger partial charge in [0.2, 0.25) is 10.0 Å². The van der Waals surface area contributed by atoms with Crippen LogP contribution in [0.3, 0.4) is 0 Å². The molecule has 162 valence electrons. The van der Waals surface area contributed by atoms with Crippen LogP contribution in [0.2, 0.25) is 0 Å². The van der Waals surface area contributed by atoms with Crippen LogP contribution in [-0.4, -0.2) is 20.4 Å². The molecule has 0 fully saturated rings. The number of aryl methyl sites for hydroxylation is 1. The fraction of sp³-hybridized carbons (Fsp3) is 0.174. The van der Waals surface area contributed by atoms with Crippen LogP contribution >= 0.6 is 0 Å². The molecule has 0 aliphatic heterocycles. The Bertz CT molecular complexity index is 1170. The van der Waals surface area contributed by atoms with Gasteiger partial charge in [-0.1, -0.05) is 42.5 Å². The van der Waals surface area contributed by atoms with Crippen LogP contribution in [-0.2, 0) is 16.4 Å². The molecule has 3 rings (SSSR count). The lowest BCUT2D eigenvalue weighted by Crippen LogP contribution is -2.33. The third kappa shape index (κ3) is 5.96. The number of amides is 1. The molecule has 0 spiro atoms. The second kappa shape index (κ2) is 9.80. The third-order valence-electron chi connectivity index (χ3n) is 4.68. The molecule has 3 aromatic rings. The van der Waals surface area contributed by atoms with E-state index >= 15 is 0 Å². The van der Waals surface area contributed by atoms with Gasteiger partial charge in [0, 0.05) is 6.04 Å². The van der Waals surface area contributed by atoms with Crippen molar-refractivity contribution in [2.75, 3.05) is 5.32 Å². The summed E-state index contributed by atoms with van der Waals surface area (Å²) in [6.45, 7) is 1.74. The molecule has 3 aromatic carbocycles. The molecule has 31 heavy (non-hydrogen) atoms. The Morgan fingerprint density at radius 1 is 0.935 bits per heavy atom. The molecular weight excluding hydrogens is 422 g/mol. The third-order valence-corrected chi connectivity index (χ3v) is 6.27. The minimum absolute atomic E-state index is 0.243. The molecule has 5 nitrogen and oxygen atoms in total. The van der Waals surface area contributed by atoms with Crippen LogP contribution < -0.4 is 10.0 Å². The SMILES string of the molecule is C[C@H](CCc1ccccc1)NS(=O)(=O)c1ccc(NC(=O)c2ccccc2F)c(F)c1. The van der Waals surface area contributed by atoms with E-state index < -0.39 is 27.6 Å². The van der Waals surface area contributed by atoms with E-state index in [0.717, 1.165) is 23.8 Å². The van der Waals surface area contributed by atoms with Crippen molar-refractivity contribution in [3.05, 3.63) is 95.6 Å². The normalized spacial score (nSPS) is 12.4. The highest BCUT2D eigenvalue weighted by Crippen LogP contribution is 2.21. The van der Waals surface area contributed by atoms with Gasteiger partial charge in [0.15, 0.2) is 0 Å². The monoisotopic (exact) mass is 444 g/mol. The zero-order valence-corrected chi connectivity index (χ0v) is 17.6. The highest BCUT2D eigenvalue weighted by atomic mass is 32.2. The van der Waals surface area contributed by atoms with Crippen molar-refractivity contribution in [3.63, 3.8) is 0 Å². The maximum atomic E-state index is 14.5. The fourth-order valence-electron chi connectivity index (χ4n) is 3.02. The zero-order chi connectivity index (χ0) is 22.4. The number of halogens is 2. The Labute approximate surface area is 180 Å². The molecule has 0 saturated carbocycles. The van der Waals surface area contributed by atoms with Crippen molar-refractivity contribution in [2.45, 2.75) is 30.7 Å². The van der Waals surface area contributed by atoms with Crippen LogP contribution in [0.25, 0.3) is 0 Å². The summed E-state index contributed by atoms with van der Waals surface area (Å²) in [5.41, 5.74) is 0.603. The Morgan fingerprint density at radius 2 is 1.61 bits per heavy atom. The average molecular weight is 445 g/mol. The summed E-state index contributed by atoms with van der Waals surface area (Å²) in [4.78, 5) is 11.9. The number of hydrogen-bond donors (Lipinski definition) is 2. The van der Waals surface area contributed by atoms with Crippen molar-refractivity contribution in [3.8, 4) is 0 Å². The van der Waals surface area contributed by atoms with Crippen LogP contribution in [0.15, 0.2) is 77.7 Å². The Balaban J connectivity index is 1.66. The molecule has 1 atom stereocenters. The summed E-state index contributed by atoms with van der Waals surface area (Å²) < 4.78 is 55.9. The quantitative estimate of drug-likeness (QED) is 0.537. The second-order valence-electron chi connectivity index (χ2n) is 7.12. The van der Waals surface area contributed by atoms with Gasteiger partial charge in [-0.05, 0) is 55.7 Å². The van der Waals surface area contributed by atoms with E-state index in [-0.39, 0.29) is 22.2 Å². The smallest absolute Gasteiger partial charge is 0.258 e. The number of carbonyl (C=O) groups is 1. The van der Waals surface area contributed by atoms with Gasteiger partial charge in [0.25, 0.3) is 5.91 Å². The highest BCUT2D eigenvalue weighted by Gasteiger charge is 2.20. The van der Waals surface area contributed by atoms with Crippen LogP contribution in [0.1, 0.15) is 29.3 Å². The summed E-state index contributed by atoms with van der Waals surface area (Å²) in [5.74, 6) is -2.52. The summed E-state index contributed by atoms with van der Waals surface area (Å²) in [7, 11) is -3.95. The molecule has 2 N–H and O–H groups in total. The number of anilines is 1. The van der Waals surface area contributed by atoms with Crippen molar-refractivity contribution >= 4 is 21.6 Å². The lowest BCUT2D eigenvalue weighted by Gasteiger charge is -2.15. The van der Waals surface area contributed by atoms with Gasteiger partial charge < -0.3 is 5.32 Å². The number of sulfonamides is 1. The molecule has 0 radical (unpaired) electrons. The van der Waals surface area contributed by atoms with E-state index in [1.54, 1.807) is 6.92 Å². The van der Waals surface area contributed by atoms with E-state index in [1.807, 2.05) is 30.3 Å². The maximum absolute atomic E-state index is 14.5. The summed E-state index contributed by atoms with van der Waals surface area (Å²) in [6, 6.07) is 17.7. The van der Waals surface area contributed by atoms with Crippen molar-refractivity contribution in [1.29, 1.82) is 0 Å². The topological polar surface area (TPSA) is 75.3 Å². The maximum Gasteiger partial charge on any atom is 0.258 e. The highest BCUT2D eigenvalue weighted by molar-refractivity contribution is 7.89. The fourth-order valence-corrected chi connectivity index (χ4v) is 4.31. The number of nitrogens with one attached hydrogen (secondary N) is 2. The Kier molecular flexibility index (Phi) is 7.14. The van der Waals surface area contributed by atoms with E-state index in [4.69, 9.17) is 0 Å². The first-order valence-electron chi connectivity index (χ1n) is 9.68. The number of carbonyl (C=O) groups excluding carboxylic acids is 1. The average Bonchev–Trinajstić information content (AvgIpc) is 2.74. The van der Waals surface area contributed by atoms with Crippen LogP contribution in [0.4, 0.5) is 14.5 Å². The van der Waals surface area contributed by atoms with E-state index in [9.17, 15) is 22.0 Å². The van der Waals surface area contributed by atoms with Crippen molar-refractivity contribution in [2.24, 2.45) is 0 Å².